The van der Waals surface area contributed by atoms with Gasteiger partial charge in [-0.3, -0.25) is 4.18 Å². The van der Waals surface area contributed by atoms with Crippen molar-refractivity contribution in [1.29, 1.82) is 0 Å². The van der Waals surface area contributed by atoms with Gasteiger partial charge in [-0.2, -0.15) is 8.42 Å². The Hall–Kier alpha value is -2.11. The highest BCUT2D eigenvalue weighted by atomic mass is 32.2. The minimum absolute atomic E-state index is 0.176. The van der Waals surface area contributed by atoms with Crippen molar-refractivity contribution < 1.29 is 12.6 Å². The molecule has 23 heavy (non-hydrogen) atoms. The van der Waals surface area contributed by atoms with Gasteiger partial charge in [0.15, 0.2) is 0 Å². The predicted molar refractivity (Wildman–Crippen MR) is 90.9 cm³/mol. The second-order valence-corrected chi connectivity index (χ2v) is 7.17. The summed E-state index contributed by atoms with van der Waals surface area (Å²) in [7, 11) is -3.67. The van der Waals surface area contributed by atoms with Gasteiger partial charge in [0.2, 0.25) is 0 Å². The fourth-order valence-corrected chi connectivity index (χ4v) is 3.49. The van der Waals surface area contributed by atoms with E-state index in [2.05, 4.69) is 11.1 Å². The van der Waals surface area contributed by atoms with Gasteiger partial charge in [-0.1, -0.05) is 35.9 Å². The van der Waals surface area contributed by atoms with Crippen LogP contribution in [0.5, 0.6) is 0 Å². The maximum Gasteiger partial charge on any atom is 0.296 e. The lowest BCUT2D eigenvalue weighted by Gasteiger charge is -2.06. The highest BCUT2D eigenvalue weighted by molar-refractivity contribution is 7.86. The quantitative estimate of drug-likeness (QED) is 0.552. The van der Waals surface area contributed by atoms with Crippen LogP contribution in [0.3, 0.4) is 0 Å². The smallest absolute Gasteiger partial charge is 0.296 e. The minimum atomic E-state index is -3.67. The molecule has 5 heteroatoms. The fourth-order valence-electron chi connectivity index (χ4n) is 2.54. The van der Waals surface area contributed by atoms with Crippen molar-refractivity contribution in [3.63, 3.8) is 0 Å². The monoisotopic (exact) mass is 329 g/mol. The van der Waals surface area contributed by atoms with Gasteiger partial charge in [-0.05, 0) is 43.5 Å². The highest BCUT2D eigenvalue weighted by Gasteiger charge is 2.14. The molecular weight excluding hydrogens is 310 g/mol. The van der Waals surface area contributed by atoms with E-state index in [1.807, 2.05) is 31.3 Å². The summed E-state index contributed by atoms with van der Waals surface area (Å²) < 4.78 is 29.3. The number of H-pyrrole nitrogens is 1. The largest absolute Gasteiger partial charge is 0.361 e. The molecule has 4 nitrogen and oxygen atoms in total. The zero-order valence-electron chi connectivity index (χ0n) is 13.0. The molecular formula is C18H19NO3S. The molecule has 1 aromatic heterocycles. The number of para-hydroxylation sites is 1. The first-order chi connectivity index (χ1) is 11.1. The van der Waals surface area contributed by atoms with Crippen LogP contribution < -0.4 is 0 Å². The van der Waals surface area contributed by atoms with E-state index in [9.17, 15) is 8.42 Å². The number of aromatic nitrogens is 1. The predicted octanol–water partition coefficient (Wildman–Crippen LogP) is 3.81. The van der Waals surface area contributed by atoms with Crippen molar-refractivity contribution in [2.75, 3.05) is 6.61 Å². The van der Waals surface area contributed by atoms with Crippen LogP contribution >= 0.6 is 0 Å². The Balaban J connectivity index is 1.58. The second-order valence-electron chi connectivity index (χ2n) is 5.55. The Morgan fingerprint density at radius 3 is 2.57 bits per heavy atom. The standard InChI is InChI=1S/C18H19NO3S/c1-14-8-10-16(11-9-14)23(20,21)22-12-4-5-15-13-19-18-7-3-2-6-17(15)18/h2-3,6-11,13,19H,4-5,12H2,1H3. The average molecular weight is 329 g/mol. The van der Waals surface area contributed by atoms with Gasteiger partial charge in [-0.25, -0.2) is 0 Å². The molecule has 0 aliphatic rings. The first-order valence-corrected chi connectivity index (χ1v) is 8.98. The lowest BCUT2D eigenvalue weighted by Crippen LogP contribution is -2.08. The number of fused-ring (bicyclic) bond motifs is 1. The average Bonchev–Trinajstić information content (AvgIpc) is 2.95. The Kier molecular flexibility index (Phi) is 4.50. The van der Waals surface area contributed by atoms with Crippen LogP contribution in [0, 0.1) is 6.92 Å². The molecule has 1 heterocycles. The van der Waals surface area contributed by atoms with Crippen LogP contribution in [0.1, 0.15) is 17.5 Å². The maximum absolute atomic E-state index is 12.1. The molecule has 0 aliphatic heterocycles. The molecule has 0 bridgehead atoms. The highest BCUT2D eigenvalue weighted by Crippen LogP contribution is 2.19. The van der Waals surface area contributed by atoms with E-state index >= 15 is 0 Å². The van der Waals surface area contributed by atoms with Gasteiger partial charge in [0.1, 0.15) is 0 Å². The number of benzene rings is 2. The molecule has 1 N–H and O–H groups in total. The molecule has 0 fully saturated rings. The van der Waals surface area contributed by atoms with Crippen LogP contribution in [0.2, 0.25) is 0 Å². The summed E-state index contributed by atoms with van der Waals surface area (Å²) in [6.07, 6.45) is 3.39. The van der Waals surface area contributed by atoms with Gasteiger partial charge in [0, 0.05) is 17.1 Å². The van der Waals surface area contributed by atoms with Gasteiger partial charge in [0.05, 0.1) is 11.5 Å². The van der Waals surface area contributed by atoms with E-state index in [0.29, 0.717) is 6.42 Å². The van der Waals surface area contributed by atoms with E-state index in [0.717, 1.165) is 17.5 Å². The van der Waals surface area contributed by atoms with Crippen LogP contribution in [-0.2, 0) is 20.7 Å². The number of hydrogen-bond acceptors (Lipinski definition) is 3. The summed E-state index contributed by atoms with van der Waals surface area (Å²) in [5.74, 6) is 0. The van der Waals surface area contributed by atoms with Crippen molar-refractivity contribution in [3.05, 3.63) is 65.9 Å². The summed E-state index contributed by atoms with van der Waals surface area (Å²) in [4.78, 5) is 3.42. The number of rotatable bonds is 6. The molecule has 3 aromatic rings. The number of hydrogen-bond donors (Lipinski definition) is 1. The summed E-state index contributed by atoms with van der Waals surface area (Å²) in [5.41, 5.74) is 3.29. The van der Waals surface area contributed by atoms with Crippen molar-refractivity contribution in [3.8, 4) is 0 Å². The third-order valence-corrected chi connectivity index (χ3v) is 5.14. The molecule has 0 radical (unpaired) electrons. The molecule has 0 saturated heterocycles. The Labute approximate surface area is 136 Å². The third-order valence-electron chi connectivity index (χ3n) is 3.81. The molecule has 0 atom stereocenters. The molecule has 0 unspecified atom stereocenters. The molecule has 0 amide bonds. The van der Waals surface area contributed by atoms with E-state index in [1.165, 1.54) is 10.9 Å². The number of aromatic amines is 1. The van der Waals surface area contributed by atoms with Crippen LogP contribution in [-0.4, -0.2) is 20.0 Å². The normalized spacial score (nSPS) is 11.9. The van der Waals surface area contributed by atoms with Crippen LogP contribution in [0.4, 0.5) is 0 Å². The SMILES string of the molecule is Cc1ccc(S(=O)(=O)OCCCc2c[nH]c3ccccc23)cc1. The van der Waals surface area contributed by atoms with Crippen molar-refractivity contribution >= 4 is 21.0 Å². The van der Waals surface area contributed by atoms with E-state index in [1.54, 1.807) is 24.3 Å². The third kappa shape index (κ3) is 3.63. The molecule has 120 valence electrons. The van der Waals surface area contributed by atoms with E-state index in [-0.39, 0.29) is 11.5 Å². The van der Waals surface area contributed by atoms with Crippen molar-refractivity contribution in [2.45, 2.75) is 24.7 Å². The summed E-state index contributed by atoms with van der Waals surface area (Å²) in [6.45, 7) is 2.09. The Bertz CT molecular complexity index is 895. The Morgan fingerprint density at radius 2 is 1.78 bits per heavy atom. The van der Waals surface area contributed by atoms with Crippen molar-refractivity contribution in [1.82, 2.24) is 4.98 Å². The van der Waals surface area contributed by atoms with Gasteiger partial charge < -0.3 is 4.98 Å². The maximum atomic E-state index is 12.1. The lowest BCUT2D eigenvalue weighted by atomic mass is 10.1. The van der Waals surface area contributed by atoms with E-state index < -0.39 is 10.1 Å². The Morgan fingerprint density at radius 1 is 1.04 bits per heavy atom. The zero-order valence-corrected chi connectivity index (χ0v) is 13.8. The fraction of sp³-hybridized carbons (Fsp3) is 0.222. The molecule has 0 spiro atoms. The van der Waals surface area contributed by atoms with Gasteiger partial charge in [0.25, 0.3) is 10.1 Å². The first-order valence-electron chi connectivity index (χ1n) is 7.57. The van der Waals surface area contributed by atoms with Crippen LogP contribution in [0.25, 0.3) is 10.9 Å². The summed E-state index contributed by atoms with van der Waals surface area (Å²) in [5, 5.41) is 1.17. The molecule has 0 aliphatic carbocycles. The molecule has 3 rings (SSSR count). The molecule has 2 aromatic carbocycles. The number of nitrogens with one attached hydrogen (secondary N) is 1. The topological polar surface area (TPSA) is 59.2 Å². The second kappa shape index (κ2) is 6.56. The lowest BCUT2D eigenvalue weighted by molar-refractivity contribution is 0.312. The molecule has 0 saturated carbocycles. The van der Waals surface area contributed by atoms with E-state index in [4.69, 9.17) is 4.18 Å². The first kappa shape index (κ1) is 15.8. The van der Waals surface area contributed by atoms with Gasteiger partial charge in [-0.15, -0.1) is 0 Å². The summed E-state index contributed by atoms with van der Waals surface area (Å²) in [6, 6.07) is 14.7. The zero-order chi connectivity index (χ0) is 16.3. The summed E-state index contributed by atoms with van der Waals surface area (Å²) >= 11 is 0. The van der Waals surface area contributed by atoms with Crippen LogP contribution in [0.15, 0.2) is 59.6 Å². The van der Waals surface area contributed by atoms with Crippen molar-refractivity contribution in [2.24, 2.45) is 0 Å². The van der Waals surface area contributed by atoms with Gasteiger partial charge >= 0.3 is 0 Å². The minimum Gasteiger partial charge on any atom is -0.361 e. The number of aryl methyl sites for hydroxylation is 2.